The molecule has 1 saturated heterocycles. The zero-order valence-corrected chi connectivity index (χ0v) is 16.0. The second kappa shape index (κ2) is 7.53. The van der Waals surface area contributed by atoms with Crippen molar-refractivity contribution < 1.29 is 12.8 Å². The van der Waals surface area contributed by atoms with Crippen molar-refractivity contribution in [1.29, 1.82) is 0 Å². The van der Waals surface area contributed by atoms with Crippen molar-refractivity contribution >= 4 is 39.1 Å². The standard InChI is InChI=1S/C17H18ClFN2O2S2/c1-24-17-5-3-2-4-16(17)20-8-10-21(11-9-20)25(22,23)13-6-7-15(19)14(18)12-13/h2-7,12H,8-11H2,1H3. The van der Waals surface area contributed by atoms with Gasteiger partial charge in [0.25, 0.3) is 0 Å². The quantitative estimate of drug-likeness (QED) is 0.733. The Kier molecular flexibility index (Phi) is 5.58. The van der Waals surface area contributed by atoms with E-state index < -0.39 is 15.8 Å². The highest BCUT2D eigenvalue weighted by Gasteiger charge is 2.29. The van der Waals surface area contributed by atoms with Gasteiger partial charge in [0.2, 0.25) is 10.0 Å². The van der Waals surface area contributed by atoms with E-state index in [2.05, 4.69) is 17.0 Å². The molecule has 0 bridgehead atoms. The molecular weight excluding hydrogens is 383 g/mol. The molecule has 0 amide bonds. The maximum Gasteiger partial charge on any atom is 0.243 e. The van der Waals surface area contributed by atoms with Crippen LogP contribution in [0.4, 0.5) is 10.1 Å². The van der Waals surface area contributed by atoms with Gasteiger partial charge in [0.15, 0.2) is 0 Å². The van der Waals surface area contributed by atoms with Gasteiger partial charge in [0, 0.05) is 31.1 Å². The molecule has 134 valence electrons. The van der Waals surface area contributed by atoms with Crippen LogP contribution in [0.5, 0.6) is 0 Å². The van der Waals surface area contributed by atoms with Crippen molar-refractivity contribution in [3.8, 4) is 0 Å². The van der Waals surface area contributed by atoms with E-state index in [1.54, 1.807) is 11.8 Å². The minimum Gasteiger partial charge on any atom is -0.368 e. The summed E-state index contributed by atoms with van der Waals surface area (Å²) in [6, 6.07) is 11.6. The molecule has 3 rings (SSSR count). The molecule has 0 aliphatic carbocycles. The molecule has 0 spiro atoms. The highest BCUT2D eigenvalue weighted by atomic mass is 35.5. The molecule has 2 aromatic rings. The SMILES string of the molecule is CSc1ccccc1N1CCN(S(=O)(=O)c2ccc(F)c(Cl)c2)CC1. The second-order valence-corrected chi connectivity index (χ2v) is 8.83. The van der Waals surface area contributed by atoms with Crippen LogP contribution in [0.25, 0.3) is 0 Å². The lowest BCUT2D eigenvalue weighted by Gasteiger charge is -2.36. The first-order chi connectivity index (χ1) is 11.9. The predicted octanol–water partition coefficient (Wildman–Crippen LogP) is 3.71. The molecule has 2 aromatic carbocycles. The van der Waals surface area contributed by atoms with E-state index in [1.165, 1.54) is 21.3 Å². The first kappa shape index (κ1) is 18.5. The lowest BCUT2D eigenvalue weighted by molar-refractivity contribution is 0.384. The maximum atomic E-state index is 13.3. The van der Waals surface area contributed by atoms with E-state index in [0.717, 1.165) is 11.8 Å². The number of hydrogen-bond donors (Lipinski definition) is 0. The Labute approximate surface area is 156 Å². The van der Waals surface area contributed by atoms with E-state index >= 15 is 0 Å². The number of benzene rings is 2. The number of thioether (sulfide) groups is 1. The lowest BCUT2D eigenvalue weighted by Crippen LogP contribution is -2.48. The molecule has 0 saturated carbocycles. The molecule has 0 aromatic heterocycles. The number of halogens is 2. The number of anilines is 1. The van der Waals surface area contributed by atoms with Gasteiger partial charge in [-0.1, -0.05) is 23.7 Å². The fourth-order valence-corrected chi connectivity index (χ4v) is 5.16. The number of sulfonamides is 1. The molecule has 4 nitrogen and oxygen atoms in total. The van der Waals surface area contributed by atoms with Crippen LogP contribution >= 0.6 is 23.4 Å². The van der Waals surface area contributed by atoms with Crippen LogP contribution in [-0.2, 0) is 10.0 Å². The highest BCUT2D eigenvalue weighted by Crippen LogP contribution is 2.30. The number of piperazine rings is 1. The van der Waals surface area contributed by atoms with Gasteiger partial charge in [0.1, 0.15) is 5.82 Å². The van der Waals surface area contributed by atoms with Crippen molar-refractivity contribution in [2.24, 2.45) is 0 Å². The summed E-state index contributed by atoms with van der Waals surface area (Å²) in [5.41, 5.74) is 1.12. The Hall–Kier alpha value is -1.28. The summed E-state index contributed by atoms with van der Waals surface area (Å²) in [6.45, 7) is 1.96. The summed E-state index contributed by atoms with van der Waals surface area (Å²) in [7, 11) is -3.67. The van der Waals surface area contributed by atoms with Crippen LogP contribution in [0.15, 0.2) is 52.3 Å². The number of rotatable bonds is 4. The first-order valence-electron chi connectivity index (χ1n) is 7.76. The average Bonchev–Trinajstić information content (AvgIpc) is 2.64. The Morgan fingerprint density at radius 2 is 1.76 bits per heavy atom. The van der Waals surface area contributed by atoms with Crippen LogP contribution in [0.3, 0.4) is 0 Å². The van der Waals surface area contributed by atoms with Gasteiger partial charge in [-0.2, -0.15) is 4.31 Å². The van der Waals surface area contributed by atoms with Gasteiger partial charge in [0.05, 0.1) is 15.6 Å². The van der Waals surface area contributed by atoms with Crippen LogP contribution < -0.4 is 4.90 Å². The van der Waals surface area contributed by atoms with Gasteiger partial charge in [-0.05, 0) is 36.6 Å². The molecule has 1 aliphatic heterocycles. The predicted molar refractivity (Wildman–Crippen MR) is 101 cm³/mol. The van der Waals surface area contributed by atoms with Gasteiger partial charge >= 0.3 is 0 Å². The number of para-hydroxylation sites is 1. The Balaban J connectivity index is 1.76. The third-order valence-corrected chi connectivity index (χ3v) is 7.16. The van der Waals surface area contributed by atoms with Gasteiger partial charge in [-0.25, -0.2) is 12.8 Å². The van der Waals surface area contributed by atoms with Gasteiger partial charge < -0.3 is 4.90 Å². The normalized spacial score (nSPS) is 16.2. The van der Waals surface area contributed by atoms with Crippen LogP contribution in [0, 0.1) is 5.82 Å². The summed E-state index contributed by atoms with van der Waals surface area (Å²) in [4.78, 5) is 3.39. The Bertz CT molecular complexity index is 869. The maximum absolute atomic E-state index is 13.3. The number of hydrogen-bond acceptors (Lipinski definition) is 4. The average molecular weight is 401 g/mol. The molecule has 0 radical (unpaired) electrons. The second-order valence-electron chi connectivity index (χ2n) is 5.64. The molecule has 25 heavy (non-hydrogen) atoms. The van der Waals surface area contributed by atoms with Crippen LogP contribution in [0.2, 0.25) is 5.02 Å². The van der Waals surface area contributed by atoms with Crippen molar-refractivity contribution in [3.63, 3.8) is 0 Å². The topological polar surface area (TPSA) is 40.6 Å². The van der Waals surface area contributed by atoms with E-state index in [9.17, 15) is 12.8 Å². The van der Waals surface area contributed by atoms with Crippen molar-refractivity contribution in [3.05, 3.63) is 53.3 Å². The summed E-state index contributed by atoms with van der Waals surface area (Å²) in [5, 5.41) is -0.186. The zero-order chi connectivity index (χ0) is 18.0. The third-order valence-electron chi connectivity index (χ3n) is 4.19. The van der Waals surface area contributed by atoms with E-state index in [-0.39, 0.29) is 9.92 Å². The lowest BCUT2D eigenvalue weighted by atomic mass is 10.2. The van der Waals surface area contributed by atoms with Crippen molar-refractivity contribution in [1.82, 2.24) is 4.31 Å². The molecule has 1 heterocycles. The van der Waals surface area contributed by atoms with E-state index in [0.29, 0.717) is 26.2 Å². The summed E-state index contributed by atoms with van der Waals surface area (Å²) < 4.78 is 40.2. The summed E-state index contributed by atoms with van der Waals surface area (Å²) in [5.74, 6) is -0.626. The minimum absolute atomic E-state index is 0.0249. The fourth-order valence-electron chi connectivity index (χ4n) is 2.85. The third kappa shape index (κ3) is 3.79. The summed E-state index contributed by atoms with van der Waals surface area (Å²) >= 11 is 7.40. The molecule has 8 heteroatoms. The largest absolute Gasteiger partial charge is 0.368 e. The van der Waals surface area contributed by atoms with Crippen molar-refractivity contribution in [2.45, 2.75) is 9.79 Å². The molecule has 0 atom stereocenters. The highest BCUT2D eigenvalue weighted by molar-refractivity contribution is 7.98. The van der Waals surface area contributed by atoms with Crippen molar-refractivity contribution in [2.75, 3.05) is 37.3 Å². The van der Waals surface area contributed by atoms with Gasteiger partial charge in [-0.3, -0.25) is 0 Å². The zero-order valence-electron chi connectivity index (χ0n) is 13.7. The molecule has 0 unspecified atom stereocenters. The molecule has 0 N–H and O–H groups in total. The van der Waals surface area contributed by atoms with E-state index in [1.807, 2.05) is 18.4 Å². The molecular formula is C17H18ClFN2O2S2. The smallest absolute Gasteiger partial charge is 0.243 e. The molecule has 1 fully saturated rings. The summed E-state index contributed by atoms with van der Waals surface area (Å²) in [6.07, 6.45) is 2.03. The monoisotopic (exact) mass is 400 g/mol. The van der Waals surface area contributed by atoms with Crippen LogP contribution in [-0.4, -0.2) is 45.2 Å². The Morgan fingerprint density at radius 1 is 1.08 bits per heavy atom. The Morgan fingerprint density at radius 3 is 2.40 bits per heavy atom. The fraction of sp³-hybridized carbons (Fsp3) is 0.294. The molecule has 1 aliphatic rings. The number of nitrogens with zero attached hydrogens (tertiary/aromatic N) is 2. The minimum atomic E-state index is -3.67. The van der Waals surface area contributed by atoms with Gasteiger partial charge in [-0.15, -0.1) is 11.8 Å². The van der Waals surface area contributed by atoms with Crippen LogP contribution in [0.1, 0.15) is 0 Å². The van der Waals surface area contributed by atoms with E-state index in [4.69, 9.17) is 11.6 Å². The first-order valence-corrected chi connectivity index (χ1v) is 10.8.